The average Bonchev–Trinajstić information content (AvgIpc) is 2.78. The predicted octanol–water partition coefficient (Wildman–Crippen LogP) is 2.84. The first-order chi connectivity index (χ1) is 14.9. The molecule has 0 saturated carbocycles. The summed E-state index contributed by atoms with van der Waals surface area (Å²) in [7, 11) is 0. The highest BCUT2D eigenvalue weighted by molar-refractivity contribution is 8.13. The van der Waals surface area contributed by atoms with E-state index in [2.05, 4.69) is 10.5 Å². The Balaban J connectivity index is 1.71. The summed E-state index contributed by atoms with van der Waals surface area (Å²) in [5.74, 6) is -1.65. The zero-order valence-corrected chi connectivity index (χ0v) is 17.1. The molecule has 0 unspecified atom stereocenters. The van der Waals surface area contributed by atoms with Gasteiger partial charge in [0.25, 0.3) is 5.91 Å². The van der Waals surface area contributed by atoms with E-state index in [1.807, 2.05) is 0 Å². The average molecular weight is 446 g/mol. The van der Waals surface area contributed by atoms with Crippen molar-refractivity contribution in [2.24, 2.45) is 21.8 Å². The Kier molecular flexibility index (Phi) is 5.92. The Morgan fingerprint density at radius 3 is 2.77 bits per heavy atom. The van der Waals surface area contributed by atoms with E-state index < -0.39 is 23.3 Å². The first-order valence-electron chi connectivity index (χ1n) is 9.56. The Morgan fingerprint density at radius 2 is 2.06 bits per heavy atom. The number of carbonyl (C=O) groups excluding carboxylic acids is 1. The van der Waals surface area contributed by atoms with Gasteiger partial charge in [0.15, 0.2) is 11.0 Å². The number of hydrogen-bond acceptors (Lipinski definition) is 6. The van der Waals surface area contributed by atoms with Gasteiger partial charge in [-0.1, -0.05) is 41.2 Å². The molecule has 2 aliphatic heterocycles. The van der Waals surface area contributed by atoms with Crippen molar-refractivity contribution in [3.63, 3.8) is 0 Å². The van der Waals surface area contributed by atoms with Gasteiger partial charge in [-0.15, -0.1) is 0 Å². The van der Waals surface area contributed by atoms with Gasteiger partial charge < -0.3 is 21.0 Å². The first-order valence-corrected chi connectivity index (χ1v) is 10.5. The van der Waals surface area contributed by atoms with Crippen LogP contribution in [0, 0.1) is 17.6 Å². The van der Waals surface area contributed by atoms with Gasteiger partial charge in [-0.25, -0.2) is 13.8 Å². The number of fused-ring (bicyclic) bond motifs is 1. The number of oxime groups is 1. The van der Waals surface area contributed by atoms with Crippen molar-refractivity contribution in [3.05, 3.63) is 71.3 Å². The Hall–Kier alpha value is -2.98. The van der Waals surface area contributed by atoms with Crippen LogP contribution in [0.2, 0.25) is 0 Å². The molecule has 2 aromatic rings. The summed E-state index contributed by atoms with van der Waals surface area (Å²) in [5.41, 5.74) is 5.15. The molecule has 4 N–H and O–H groups in total. The smallest absolute Gasteiger partial charge is 0.257 e. The lowest BCUT2D eigenvalue weighted by molar-refractivity contribution is -0.0269. The molecule has 2 aromatic carbocycles. The molecule has 162 valence electrons. The lowest BCUT2D eigenvalue weighted by Gasteiger charge is -2.46. The number of amides is 1. The summed E-state index contributed by atoms with van der Waals surface area (Å²) >= 11 is 1.32. The van der Waals surface area contributed by atoms with Crippen LogP contribution in [-0.2, 0) is 10.3 Å². The second-order valence-electron chi connectivity index (χ2n) is 7.35. The molecule has 0 aliphatic carbocycles. The van der Waals surface area contributed by atoms with E-state index in [4.69, 9.17) is 20.7 Å². The number of carbonyl (C=O) groups is 1. The molecule has 1 saturated heterocycles. The minimum Gasteiger partial charge on any atom is -0.409 e. The van der Waals surface area contributed by atoms with Gasteiger partial charge in [0.2, 0.25) is 0 Å². The van der Waals surface area contributed by atoms with Crippen LogP contribution in [0.3, 0.4) is 0 Å². The lowest BCUT2D eigenvalue weighted by atomic mass is 9.75. The molecular formula is C21H20F2N4O3S. The first kappa shape index (κ1) is 21.3. The van der Waals surface area contributed by atoms with Crippen LogP contribution >= 0.6 is 11.8 Å². The monoisotopic (exact) mass is 446 g/mol. The van der Waals surface area contributed by atoms with Crippen molar-refractivity contribution < 1.29 is 23.5 Å². The number of hydrogen-bond donors (Lipinski definition) is 3. The zero-order chi connectivity index (χ0) is 22.0. The molecule has 31 heavy (non-hydrogen) atoms. The van der Waals surface area contributed by atoms with Gasteiger partial charge in [0.1, 0.15) is 23.3 Å². The summed E-state index contributed by atoms with van der Waals surface area (Å²) in [6, 6.07) is 12.0. The second kappa shape index (κ2) is 8.64. The summed E-state index contributed by atoms with van der Waals surface area (Å²) in [6.45, 7) is -0.0770. The summed E-state index contributed by atoms with van der Waals surface area (Å²) in [4.78, 5) is 17.3. The molecular weight excluding hydrogens is 426 g/mol. The molecule has 2 aliphatic rings. The van der Waals surface area contributed by atoms with Gasteiger partial charge in [-0.3, -0.25) is 4.79 Å². The maximum atomic E-state index is 14.8. The molecule has 7 nitrogen and oxygen atoms in total. The minimum absolute atomic E-state index is 0.0770. The van der Waals surface area contributed by atoms with Crippen molar-refractivity contribution >= 4 is 28.7 Å². The molecule has 0 bridgehead atoms. The van der Waals surface area contributed by atoms with Crippen LogP contribution in [-0.4, -0.2) is 40.6 Å². The number of nitrogens with one attached hydrogen (secondary N) is 1. The second-order valence-corrected chi connectivity index (χ2v) is 8.36. The third-order valence-corrected chi connectivity index (χ3v) is 6.54. The molecule has 0 spiro atoms. The Labute approximate surface area is 181 Å². The molecule has 0 radical (unpaired) electrons. The van der Waals surface area contributed by atoms with Crippen molar-refractivity contribution in [2.75, 3.05) is 12.4 Å². The minimum atomic E-state index is -1.19. The van der Waals surface area contributed by atoms with E-state index in [1.54, 1.807) is 30.3 Å². The Bertz CT molecular complexity index is 1050. The fourth-order valence-corrected chi connectivity index (χ4v) is 5.04. The van der Waals surface area contributed by atoms with Crippen LogP contribution in [0.25, 0.3) is 0 Å². The molecule has 0 aromatic heterocycles. The molecule has 3 atom stereocenters. The number of halogens is 2. The number of nitrogens with two attached hydrogens (primary N) is 1. The highest BCUT2D eigenvalue weighted by atomic mass is 32.2. The van der Waals surface area contributed by atoms with Gasteiger partial charge in [-0.2, -0.15) is 0 Å². The predicted molar refractivity (Wildman–Crippen MR) is 113 cm³/mol. The van der Waals surface area contributed by atoms with Gasteiger partial charge >= 0.3 is 0 Å². The van der Waals surface area contributed by atoms with Crippen molar-refractivity contribution in [3.8, 4) is 0 Å². The van der Waals surface area contributed by atoms with Gasteiger partial charge in [0.05, 0.1) is 6.61 Å². The van der Waals surface area contributed by atoms with Crippen molar-refractivity contribution in [2.45, 2.75) is 18.1 Å². The van der Waals surface area contributed by atoms with Crippen LogP contribution in [0.15, 0.2) is 58.7 Å². The maximum absolute atomic E-state index is 14.8. The van der Waals surface area contributed by atoms with E-state index in [-0.39, 0.29) is 29.8 Å². The van der Waals surface area contributed by atoms with E-state index in [0.717, 1.165) is 6.07 Å². The fourth-order valence-electron chi connectivity index (χ4n) is 3.88. The number of thioether (sulfide) groups is 1. The molecule has 4 rings (SSSR count). The quantitative estimate of drug-likeness (QED) is 0.291. The zero-order valence-electron chi connectivity index (χ0n) is 16.3. The van der Waals surface area contributed by atoms with Crippen molar-refractivity contribution in [1.82, 2.24) is 5.32 Å². The number of amidine groups is 2. The molecule has 2 heterocycles. The number of nitrogens with zero attached hydrogens (tertiary/aromatic N) is 2. The normalized spacial score (nSPS) is 26.0. The van der Waals surface area contributed by atoms with Gasteiger partial charge in [0, 0.05) is 28.9 Å². The largest absolute Gasteiger partial charge is 0.409 e. The van der Waals surface area contributed by atoms with Crippen LogP contribution in [0.5, 0.6) is 0 Å². The summed E-state index contributed by atoms with van der Waals surface area (Å²) in [5, 5.41) is 15.1. The summed E-state index contributed by atoms with van der Waals surface area (Å²) < 4.78 is 34.2. The summed E-state index contributed by atoms with van der Waals surface area (Å²) in [6.07, 6.45) is -0.328. The third kappa shape index (κ3) is 4.13. The standard InChI is InChI=1S/C21H20F2N4O3S/c22-14-6-7-15(16(23)9-14)21-11-30-17(18(24)27-29)8-13(21)10-31-20(26-21)25-19(28)12-4-2-1-3-5-12/h1-7,9,13,17,29H,8,10-11H2,(H2,24,27)(H,25,26,28)/t13-,17+,21-/m0/s1. The Morgan fingerprint density at radius 1 is 1.29 bits per heavy atom. The maximum Gasteiger partial charge on any atom is 0.257 e. The van der Waals surface area contributed by atoms with E-state index in [0.29, 0.717) is 22.9 Å². The highest BCUT2D eigenvalue weighted by Gasteiger charge is 2.50. The van der Waals surface area contributed by atoms with Crippen molar-refractivity contribution in [1.29, 1.82) is 0 Å². The van der Waals surface area contributed by atoms with E-state index in [9.17, 15) is 13.6 Å². The fraction of sp³-hybridized carbons (Fsp3) is 0.286. The lowest BCUT2D eigenvalue weighted by Crippen LogP contribution is -2.53. The topological polar surface area (TPSA) is 109 Å². The number of ether oxygens (including phenoxy) is 1. The third-order valence-electron chi connectivity index (χ3n) is 5.50. The van der Waals surface area contributed by atoms with Crippen LogP contribution in [0.4, 0.5) is 8.78 Å². The number of aliphatic imine (C=N–C) groups is 1. The van der Waals surface area contributed by atoms with Crippen LogP contribution in [0.1, 0.15) is 22.3 Å². The van der Waals surface area contributed by atoms with E-state index >= 15 is 0 Å². The SMILES string of the molecule is N/C(=N\O)[C@H]1C[C@H]2CSC(NC(=O)c3ccccc3)=N[C@@]2(c2ccc(F)cc2F)CO1. The van der Waals surface area contributed by atoms with Crippen LogP contribution < -0.4 is 11.1 Å². The molecule has 1 fully saturated rings. The van der Waals surface area contributed by atoms with Gasteiger partial charge in [-0.05, 0) is 24.6 Å². The molecule has 10 heteroatoms. The molecule has 1 amide bonds. The van der Waals surface area contributed by atoms with E-state index in [1.165, 1.54) is 23.9 Å². The highest BCUT2D eigenvalue weighted by Crippen LogP contribution is 2.47. The number of benzene rings is 2. The number of rotatable bonds is 3.